The third-order valence-corrected chi connectivity index (χ3v) is 4.48. The van der Waals surface area contributed by atoms with E-state index in [0.29, 0.717) is 26.3 Å². The van der Waals surface area contributed by atoms with Gasteiger partial charge in [0.05, 0.1) is 24.8 Å². The molecule has 25 heavy (non-hydrogen) atoms. The third-order valence-electron chi connectivity index (χ3n) is 4.48. The Morgan fingerprint density at radius 3 is 2.88 bits per heavy atom. The van der Waals surface area contributed by atoms with Crippen molar-refractivity contribution in [1.82, 2.24) is 9.88 Å². The second-order valence-electron chi connectivity index (χ2n) is 6.26. The van der Waals surface area contributed by atoms with Gasteiger partial charge in [-0.05, 0) is 36.2 Å². The number of pyridine rings is 1. The van der Waals surface area contributed by atoms with Gasteiger partial charge in [-0.3, -0.25) is 9.78 Å². The molecular weight excluding hydrogens is 320 g/mol. The Morgan fingerprint density at radius 2 is 2.08 bits per heavy atom. The Balaban J connectivity index is 1.54. The van der Waals surface area contributed by atoms with Crippen LogP contribution in [0.3, 0.4) is 0 Å². The summed E-state index contributed by atoms with van der Waals surface area (Å²) >= 11 is 0. The van der Waals surface area contributed by atoms with Crippen molar-refractivity contribution in [3.05, 3.63) is 53.9 Å². The standard InChI is InChI=1S/C19H20N2O4/c22-19(15-6-8-23-12-15)21(11-16-3-1-2-7-20-16)10-14-4-5-17-18(9-14)25-13-24-17/h1-5,7,9,15H,6,8,10-13H2/t15-/m1/s1. The highest BCUT2D eigenvalue weighted by Gasteiger charge is 2.28. The van der Waals surface area contributed by atoms with Gasteiger partial charge >= 0.3 is 0 Å². The van der Waals surface area contributed by atoms with Crippen LogP contribution >= 0.6 is 0 Å². The number of nitrogens with zero attached hydrogens (tertiary/aromatic N) is 2. The van der Waals surface area contributed by atoms with Crippen molar-refractivity contribution in [3.8, 4) is 11.5 Å². The van der Waals surface area contributed by atoms with Gasteiger partial charge in [-0.2, -0.15) is 0 Å². The molecule has 0 N–H and O–H groups in total. The fourth-order valence-corrected chi connectivity index (χ4v) is 3.15. The van der Waals surface area contributed by atoms with Gasteiger partial charge in [0.15, 0.2) is 11.5 Å². The molecule has 0 aliphatic carbocycles. The maximum Gasteiger partial charge on any atom is 0.231 e. The Bertz CT molecular complexity index is 744. The van der Waals surface area contributed by atoms with Gasteiger partial charge in [0.1, 0.15) is 0 Å². The molecule has 0 unspecified atom stereocenters. The summed E-state index contributed by atoms with van der Waals surface area (Å²) in [6.45, 7) is 2.37. The molecule has 2 aliphatic rings. The predicted molar refractivity (Wildman–Crippen MR) is 90.0 cm³/mol. The van der Waals surface area contributed by atoms with Crippen LogP contribution in [0.25, 0.3) is 0 Å². The highest BCUT2D eigenvalue weighted by molar-refractivity contribution is 5.79. The highest BCUT2D eigenvalue weighted by atomic mass is 16.7. The van der Waals surface area contributed by atoms with E-state index in [1.165, 1.54) is 0 Å². The summed E-state index contributed by atoms with van der Waals surface area (Å²) in [5, 5.41) is 0. The van der Waals surface area contributed by atoms with Crippen LogP contribution < -0.4 is 9.47 Å². The first-order chi connectivity index (χ1) is 12.3. The fraction of sp³-hybridized carbons (Fsp3) is 0.368. The summed E-state index contributed by atoms with van der Waals surface area (Å²) in [5.41, 5.74) is 1.88. The Hall–Kier alpha value is -2.60. The van der Waals surface area contributed by atoms with Gasteiger partial charge in [-0.15, -0.1) is 0 Å². The number of benzene rings is 1. The minimum absolute atomic E-state index is 0.0716. The van der Waals surface area contributed by atoms with Gasteiger partial charge in [0.25, 0.3) is 0 Å². The quantitative estimate of drug-likeness (QED) is 0.836. The van der Waals surface area contributed by atoms with E-state index in [9.17, 15) is 4.79 Å². The third kappa shape index (κ3) is 3.58. The van der Waals surface area contributed by atoms with Gasteiger partial charge in [-0.1, -0.05) is 12.1 Å². The average molecular weight is 340 g/mol. The van der Waals surface area contributed by atoms with Crippen molar-refractivity contribution < 1.29 is 19.0 Å². The van der Waals surface area contributed by atoms with Gasteiger partial charge in [0.2, 0.25) is 12.7 Å². The molecule has 0 saturated carbocycles. The molecule has 1 saturated heterocycles. The molecule has 1 atom stereocenters. The molecule has 6 nitrogen and oxygen atoms in total. The largest absolute Gasteiger partial charge is 0.454 e. The van der Waals surface area contributed by atoms with Crippen LogP contribution in [0.15, 0.2) is 42.6 Å². The zero-order chi connectivity index (χ0) is 17.1. The summed E-state index contributed by atoms with van der Waals surface area (Å²) in [4.78, 5) is 19.2. The van der Waals surface area contributed by atoms with Gasteiger partial charge in [0, 0.05) is 19.3 Å². The molecule has 3 heterocycles. The molecule has 1 fully saturated rings. The zero-order valence-corrected chi connectivity index (χ0v) is 13.9. The molecule has 1 aromatic carbocycles. The van der Waals surface area contributed by atoms with Crippen molar-refractivity contribution in [2.45, 2.75) is 19.5 Å². The summed E-state index contributed by atoms with van der Waals surface area (Å²) in [6.07, 6.45) is 2.52. The first-order valence-corrected chi connectivity index (χ1v) is 8.44. The van der Waals surface area contributed by atoms with E-state index in [0.717, 1.165) is 29.2 Å². The van der Waals surface area contributed by atoms with E-state index < -0.39 is 0 Å². The van der Waals surface area contributed by atoms with E-state index in [-0.39, 0.29) is 18.6 Å². The van der Waals surface area contributed by atoms with Crippen LogP contribution in [0.5, 0.6) is 11.5 Å². The number of rotatable bonds is 5. The highest BCUT2D eigenvalue weighted by Crippen LogP contribution is 2.33. The van der Waals surface area contributed by atoms with Gasteiger partial charge < -0.3 is 19.1 Å². The van der Waals surface area contributed by atoms with Crippen LogP contribution in [0.2, 0.25) is 0 Å². The summed E-state index contributed by atoms with van der Waals surface area (Å²) in [7, 11) is 0. The molecule has 1 amide bonds. The minimum atomic E-state index is -0.0716. The summed E-state index contributed by atoms with van der Waals surface area (Å²) in [5.74, 6) is 1.51. The lowest BCUT2D eigenvalue weighted by Crippen LogP contribution is -2.35. The lowest BCUT2D eigenvalue weighted by molar-refractivity contribution is -0.136. The molecule has 130 valence electrons. The number of aromatic nitrogens is 1. The van der Waals surface area contributed by atoms with Crippen LogP contribution in [0.4, 0.5) is 0 Å². The monoisotopic (exact) mass is 340 g/mol. The number of carbonyl (C=O) groups is 1. The summed E-state index contributed by atoms with van der Waals surface area (Å²) < 4.78 is 16.2. The molecule has 2 aliphatic heterocycles. The van der Waals surface area contributed by atoms with E-state index in [4.69, 9.17) is 14.2 Å². The number of hydrogen-bond donors (Lipinski definition) is 0. The topological polar surface area (TPSA) is 60.9 Å². The molecule has 4 rings (SSSR count). The van der Waals surface area contributed by atoms with E-state index in [2.05, 4.69) is 4.98 Å². The molecular formula is C19H20N2O4. The summed E-state index contributed by atoms with van der Waals surface area (Å²) in [6, 6.07) is 11.5. The number of ether oxygens (including phenoxy) is 3. The van der Waals surface area contributed by atoms with Crippen molar-refractivity contribution in [2.24, 2.45) is 5.92 Å². The second-order valence-corrected chi connectivity index (χ2v) is 6.26. The first-order valence-electron chi connectivity index (χ1n) is 8.44. The van der Waals surface area contributed by atoms with Crippen LogP contribution in [-0.4, -0.2) is 35.8 Å². The average Bonchev–Trinajstić information content (AvgIpc) is 3.33. The normalized spacial score (nSPS) is 18.3. The van der Waals surface area contributed by atoms with Crippen molar-refractivity contribution in [1.29, 1.82) is 0 Å². The number of amides is 1. The molecule has 0 radical (unpaired) electrons. The Kier molecular flexibility index (Phi) is 4.52. The van der Waals surface area contributed by atoms with E-state index in [1.807, 2.05) is 41.3 Å². The molecule has 0 spiro atoms. The van der Waals surface area contributed by atoms with Crippen molar-refractivity contribution >= 4 is 5.91 Å². The molecule has 1 aromatic heterocycles. The van der Waals surface area contributed by atoms with Crippen molar-refractivity contribution in [2.75, 3.05) is 20.0 Å². The maximum atomic E-state index is 13.0. The molecule has 0 bridgehead atoms. The van der Waals surface area contributed by atoms with Gasteiger partial charge in [-0.25, -0.2) is 0 Å². The van der Waals surface area contributed by atoms with Crippen LogP contribution in [-0.2, 0) is 22.6 Å². The predicted octanol–water partition coefficient (Wildman–Crippen LogP) is 2.38. The smallest absolute Gasteiger partial charge is 0.231 e. The van der Waals surface area contributed by atoms with E-state index in [1.54, 1.807) is 6.20 Å². The lowest BCUT2D eigenvalue weighted by atomic mass is 10.1. The number of hydrogen-bond acceptors (Lipinski definition) is 5. The molecule has 2 aromatic rings. The second kappa shape index (κ2) is 7.11. The fourth-order valence-electron chi connectivity index (χ4n) is 3.15. The minimum Gasteiger partial charge on any atom is -0.454 e. The SMILES string of the molecule is O=C([C@@H]1CCOC1)N(Cc1ccc2c(c1)OCO2)Cc1ccccn1. The first kappa shape index (κ1) is 15.9. The van der Waals surface area contributed by atoms with Crippen molar-refractivity contribution in [3.63, 3.8) is 0 Å². The van der Waals surface area contributed by atoms with Crippen LogP contribution in [0.1, 0.15) is 17.7 Å². The molecule has 6 heteroatoms. The zero-order valence-electron chi connectivity index (χ0n) is 13.9. The number of fused-ring (bicyclic) bond motifs is 1. The Labute approximate surface area is 146 Å². The van der Waals surface area contributed by atoms with E-state index >= 15 is 0 Å². The number of carbonyl (C=O) groups excluding carboxylic acids is 1. The lowest BCUT2D eigenvalue weighted by Gasteiger charge is -2.25. The maximum absolute atomic E-state index is 13.0. The Morgan fingerprint density at radius 1 is 1.16 bits per heavy atom. The van der Waals surface area contributed by atoms with Crippen LogP contribution in [0, 0.1) is 5.92 Å².